The van der Waals surface area contributed by atoms with E-state index in [9.17, 15) is 34.2 Å². The van der Waals surface area contributed by atoms with Crippen molar-refractivity contribution in [3.63, 3.8) is 0 Å². The lowest BCUT2D eigenvalue weighted by atomic mass is 9.52. The lowest BCUT2D eigenvalue weighted by Gasteiger charge is -2.53. The van der Waals surface area contributed by atoms with Crippen LogP contribution in [0.1, 0.15) is 46.0 Å². The molecule has 6 unspecified atom stereocenters. The van der Waals surface area contributed by atoms with Crippen molar-refractivity contribution in [3.05, 3.63) is 53.1 Å². The molecule has 3 aliphatic carbocycles. The van der Waals surface area contributed by atoms with Crippen LogP contribution in [0.15, 0.2) is 36.4 Å². The highest BCUT2D eigenvalue weighted by atomic mass is 16.5. The third-order valence-corrected chi connectivity index (χ3v) is 8.75. The Balaban J connectivity index is 1.60. The molecule has 40 heavy (non-hydrogen) atoms. The number of primary amides is 1. The van der Waals surface area contributed by atoms with E-state index in [0.29, 0.717) is 22.3 Å². The van der Waals surface area contributed by atoms with E-state index in [-0.39, 0.29) is 30.8 Å². The van der Waals surface area contributed by atoms with Gasteiger partial charge in [-0.3, -0.25) is 24.1 Å². The number of phenolic OH excluding ortho intramolecular Hbond substituents is 1. The maximum atomic E-state index is 13.9. The van der Waals surface area contributed by atoms with E-state index >= 15 is 0 Å². The zero-order valence-corrected chi connectivity index (χ0v) is 22.5. The Labute approximate surface area is 231 Å². The molecular formula is C30H32N2O8. The van der Waals surface area contributed by atoms with Crippen LogP contribution >= 0.6 is 0 Å². The molecule has 0 aliphatic heterocycles. The second-order valence-corrected chi connectivity index (χ2v) is 11.2. The van der Waals surface area contributed by atoms with E-state index in [1.807, 2.05) is 0 Å². The summed E-state index contributed by atoms with van der Waals surface area (Å²) in [5.74, 6) is -7.50. The zero-order valence-electron chi connectivity index (χ0n) is 22.5. The molecule has 0 heterocycles. The number of aromatic hydroxyl groups is 1. The van der Waals surface area contributed by atoms with Gasteiger partial charge in [-0.2, -0.15) is 0 Å². The van der Waals surface area contributed by atoms with Crippen molar-refractivity contribution in [2.45, 2.75) is 37.8 Å². The minimum Gasteiger partial charge on any atom is -0.507 e. The fourth-order valence-electron chi connectivity index (χ4n) is 7.01. The largest absolute Gasteiger partial charge is 0.507 e. The summed E-state index contributed by atoms with van der Waals surface area (Å²) in [6.07, 6.45) is -0.0633. The summed E-state index contributed by atoms with van der Waals surface area (Å²) in [6.45, 7) is 1.93. The highest BCUT2D eigenvalue weighted by Gasteiger charge is 2.64. The number of fused-ring (bicyclic) bond motifs is 3. The number of likely N-dealkylation sites (N-methyl/N-ethyl adjacent to an activating group) is 1. The average molecular weight is 549 g/mol. The molecule has 6 atom stereocenters. The zero-order chi connectivity index (χ0) is 29.1. The van der Waals surface area contributed by atoms with Crippen LogP contribution in [0, 0.1) is 23.7 Å². The smallest absolute Gasteiger partial charge is 0.338 e. The van der Waals surface area contributed by atoms with E-state index < -0.39 is 71.0 Å². The minimum absolute atomic E-state index is 0.00168. The van der Waals surface area contributed by atoms with Crippen LogP contribution in [-0.4, -0.2) is 76.7 Å². The number of carbonyl (C=O) groups is 5. The first-order valence-electron chi connectivity index (χ1n) is 13.3. The molecule has 2 aromatic carbocycles. The molecule has 3 aliphatic rings. The number of hydrogen-bond donors (Lipinski definition) is 3. The molecule has 2 aromatic rings. The van der Waals surface area contributed by atoms with Gasteiger partial charge >= 0.3 is 5.97 Å². The first-order valence-corrected chi connectivity index (χ1v) is 13.3. The number of ketones is 3. The van der Waals surface area contributed by atoms with Crippen LogP contribution in [0.2, 0.25) is 0 Å². The SMILES string of the molecule is CCOC(=O)c1cccc(-c2ccc(O)c3c2CC2CC4C(N(C)C)C(=O)C(C(N)=O)CC4(O)C(=O)C2C3=O)c1. The van der Waals surface area contributed by atoms with Crippen LogP contribution in [0.25, 0.3) is 11.1 Å². The number of ether oxygens (including phenoxy) is 1. The second kappa shape index (κ2) is 9.94. The Morgan fingerprint density at radius 1 is 1.15 bits per heavy atom. The number of benzene rings is 2. The summed E-state index contributed by atoms with van der Waals surface area (Å²) in [6, 6.07) is 8.85. The fourth-order valence-corrected chi connectivity index (χ4v) is 7.01. The lowest BCUT2D eigenvalue weighted by Crippen LogP contribution is -2.69. The van der Waals surface area contributed by atoms with Crippen molar-refractivity contribution < 1.29 is 38.9 Å². The van der Waals surface area contributed by atoms with E-state index in [4.69, 9.17) is 10.5 Å². The average Bonchev–Trinajstić information content (AvgIpc) is 2.89. The number of amides is 1. The molecule has 10 nitrogen and oxygen atoms in total. The van der Waals surface area contributed by atoms with Crippen molar-refractivity contribution in [3.8, 4) is 16.9 Å². The van der Waals surface area contributed by atoms with Gasteiger partial charge in [0, 0.05) is 12.3 Å². The molecule has 0 radical (unpaired) electrons. The Bertz CT molecular complexity index is 1450. The molecule has 2 saturated carbocycles. The van der Waals surface area contributed by atoms with E-state index in [0.717, 1.165) is 0 Å². The fraction of sp³-hybridized carbons (Fsp3) is 0.433. The van der Waals surface area contributed by atoms with Crippen LogP contribution in [0.5, 0.6) is 5.75 Å². The number of Topliss-reactive ketones (excluding diaryl/α,β-unsaturated/α-hetero) is 3. The molecule has 5 rings (SSSR count). The first kappa shape index (κ1) is 27.7. The van der Waals surface area contributed by atoms with Crippen LogP contribution in [0.3, 0.4) is 0 Å². The number of esters is 1. The molecule has 10 heteroatoms. The standard InChI is InChI=1S/C30H32N2O8/c1-4-40-29(38)15-7-5-6-14(10-15)17-8-9-21(33)23-18(17)11-16-12-20-24(32(2)3)25(34)19(28(31)37)13-30(20,39)27(36)22(16)26(23)35/h5-10,16,19-20,22,24,33,39H,4,11-13H2,1-3H3,(H2,31,37). The summed E-state index contributed by atoms with van der Waals surface area (Å²) in [5.41, 5.74) is 5.49. The Morgan fingerprint density at radius 3 is 2.52 bits per heavy atom. The molecule has 2 fully saturated rings. The normalized spacial score (nSPS) is 29.4. The van der Waals surface area contributed by atoms with Crippen molar-refractivity contribution in [2.75, 3.05) is 20.7 Å². The van der Waals surface area contributed by atoms with Gasteiger partial charge < -0.3 is 20.7 Å². The van der Waals surface area contributed by atoms with Gasteiger partial charge in [0.2, 0.25) is 5.91 Å². The van der Waals surface area contributed by atoms with Crippen molar-refractivity contribution in [1.29, 1.82) is 0 Å². The predicted octanol–water partition coefficient (Wildman–Crippen LogP) is 1.53. The second-order valence-electron chi connectivity index (χ2n) is 11.2. The third kappa shape index (κ3) is 4.13. The molecule has 210 valence electrons. The number of aliphatic hydroxyl groups is 1. The topological polar surface area (TPSA) is 164 Å². The van der Waals surface area contributed by atoms with Crippen molar-refractivity contribution in [2.24, 2.45) is 29.4 Å². The van der Waals surface area contributed by atoms with Crippen LogP contribution in [0.4, 0.5) is 0 Å². The molecule has 0 bridgehead atoms. The van der Waals surface area contributed by atoms with E-state index in [2.05, 4.69) is 0 Å². The highest BCUT2D eigenvalue weighted by Crippen LogP contribution is 2.52. The third-order valence-electron chi connectivity index (χ3n) is 8.75. The number of nitrogens with two attached hydrogens (primary N) is 1. The Kier molecular flexibility index (Phi) is 6.87. The summed E-state index contributed by atoms with van der Waals surface area (Å²) < 4.78 is 5.12. The highest BCUT2D eigenvalue weighted by molar-refractivity contribution is 6.18. The van der Waals surface area contributed by atoms with Crippen molar-refractivity contribution in [1.82, 2.24) is 4.90 Å². The van der Waals surface area contributed by atoms with Crippen molar-refractivity contribution >= 4 is 29.2 Å². The predicted molar refractivity (Wildman–Crippen MR) is 142 cm³/mol. The maximum Gasteiger partial charge on any atom is 0.338 e. The molecule has 1 amide bonds. The summed E-state index contributed by atoms with van der Waals surface area (Å²) >= 11 is 0. The number of nitrogens with zero attached hydrogens (tertiary/aromatic N) is 1. The van der Waals surface area contributed by atoms with Gasteiger partial charge in [0.1, 0.15) is 17.3 Å². The van der Waals surface area contributed by atoms with Gasteiger partial charge in [0.15, 0.2) is 17.3 Å². The number of rotatable bonds is 5. The number of hydrogen-bond acceptors (Lipinski definition) is 9. The number of phenols is 1. The molecule has 0 aromatic heterocycles. The molecule has 0 spiro atoms. The molecule has 4 N–H and O–H groups in total. The Morgan fingerprint density at radius 2 is 1.88 bits per heavy atom. The number of carbonyl (C=O) groups excluding carboxylic acids is 5. The van der Waals surface area contributed by atoms with Crippen LogP contribution in [-0.2, 0) is 25.5 Å². The van der Waals surface area contributed by atoms with Gasteiger partial charge in [-0.15, -0.1) is 0 Å². The summed E-state index contributed by atoms with van der Waals surface area (Å²) in [4.78, 5) is 67.1. The summed E-state index contributed by atoms with van der Waals surface area (Å²) in [5, 5.41) is 22.5. The van der Waals surface area contributed by atoms with Crippen LogP contribution < -0.4 is 5.73 Å². The monoisotopic (exact) mass is 548 g/mol. The maximum absolute atomic E-state index is 13.9. The Hall–Kier alpha value is -3.89. The van der Waals surface area contributed by atoms with Gasteiger partial charge in [0.25, 0.3) is 0 Å². The van der Waals surface area contributed by atoms with E-state index in [1.54, 1.807) is 56.3 Å². The van der Waals surface area contributed by atoms with E-state index in [1.165, 1.54) is 6.07 Å². The quantitative estimate of drug-likeness (QED) is 0.371. The molecular weight excluding hydrogens is 516 g/mol. The van der Waals surface area contributed by atoms with Gasteiger partial charge in [-0.05, 0) is 74.7 Å². The minimum atomic E-state index is -2.10. The molecule has 0 saturated heterocycles. The first-order chi connectivity index (χ1) is 18.9. The van der Waals surface area contributed by atoms with Gasteiger partial charge in [0.05, 0.1) is 29.7 Å². The van der Waals surface area contributed by atoms with Gasteiger partial charge in [-0.1, -0.05) is 18.2 Å². The summed E-state index contributed by atoms with van der Waals surface area (Å²) in [7, 11) is 3.27. The lowest BCUT2D eigenvalue weighted by molar-refractivity contribution is -0.176. The van der Waals surface area contributed by atoms with Gasteiger partial charge in [-0.25, -0.2) is 4.79 Å².